The summed E-state index contributed by atoms with van der Waals surface area (Å²) in [4.78, 5) is 0. The van der Waals surface area contributed by atoms with Gasteiger partial charge < -0.3 is 38.3 Å². The number of hydrogen-bond acceptors (Lipinski definition) is 8. The topological polar surface area (TPSA) is 84.8 Å². The van der Waals surface area contributed by atoms with Gasteiger partial charge >= 0.3 is 0 Å². The van der Waals surface area contributed by atoms with Gasteiger partial charge in [0.2, 0.25) is 0 Å². The van der Waals surface area contributed by atoms with Crippen molar-refractivity contribution in [2.45, 2.75) is 52.4 Å². The van der Waals surface area contributed by atoms with Crippen molar-refractivity contribution >= 4 is 0 Å². The molecule has 0 aliphatic heterocycles. The van der Waals surface area contributed by atoms with Crippen molar-refractivity contribution in [3.63, 3.8) is 0 Å². The molecule has 0 aliphatic carbocycles. The lowest BCUT2D eigenvalue weighted by molar-refractivity contribution is -0.0191. The predicted octanol–water partition coefficient (Wildman–Crippen LogP) is 4.31. The molecule has 8 nitrogen and oxygen atoms in total. The molecular formula is C29H52O8. The second-order valence-corrected chi connectivity index (χ2v) is 9.20. The van der Waals surface area contributed by atoms with Crippen molar-refractivity contribution < 1.29 is 38.3 Å². The fourth-order valence-corrected chi connectivity index (χ4v) is 3.55. The van der Waals surface area contributed by atoms with Crippen molar-refractivity contribution in [1.82, 2.24) is 0 Å². The molecule has 0 heterocycles. The molecule has 1 rings (SSSR count). The van der Waals surface area contributed by atoms with E-state index >= 15 is 0 Å². The highest BCUT2D eigenvalue weighted by Gasteiger charge is 2.03. The third-order valence-corrected chi connectivity index (χ3v) is 5.53. The number of rotatable bonds is 28. The number of aryl methyl sites for hydroxylation is 1. The first-order valence-electron chi connectivity index (χ1n) is 14.0. The zero-order valence-corrected chi connectivity index (χ0v) is 23.3. The van der Waals surface area contributed by atoms with Crippen molar-refractivity contribution in [3.8, 4) is 5.75 Å². The minimum Gasteiger partial charge on any atom is -0.491 e. The fourth-order valence-electron chi connectivity index (χ4n) is 3.55. The lowest BCUT2D eigenvalue weighted by Gasteiger charge is -2.12. The summed E-state index contributed by atoms with van der Waals surface area (Å²) >= 11 is 0. The molecule has 1 N–H and O–H groups in total. The van der Waals surface area contributed by atoms with E-state index in [4.69, 9.17) is 38.3 Å². The highest BCUT2D eigenvalue weighted by Crippen LogP contribution is 2.21. The molecule has 0 fully saturated rings. The van der Waals surface area contributed by atoms with Crippen LogP contribution < -0.4 is 4.74 Å². The Morgan fingerprint density at radius 2 is 1.03 bits per heavy atom. The number of benzene rings is 1. The van der Waals surface area contributed by atoms with Crippen LogP contribution in [0.5, 0.6) is 5.75 Å². The summed E-state index contributed by atoms with van der Waals surface area (Å²) in [6, 6.07) is 8.33. The predicted molar refractivity (Wildman–Crippen MR) is 146 cm³/mol. The van der Waals surface area contributed by atoms with E-state index in [1.807, 2.05) is 12.1 Å². The molecule has 0 atom stereocenters. The summed E-state index contributed by atoms with van der Waals surface area (Å²) in [5, 5.41) is 8.58. The van der Waals surface area contributed by atoms with E-state index in [1.165, 1.54) is 37.7 Å². The van der Waals surface area contributed by atoms with Crippen LogP contribution in [0.3, 0.4) is 0 Å². The molecule has 0 saturated carbocycles. The largest absolute Gasteiger partial charge is 0.491 e. The highest BCUT2D eigenvalue weighted by atomic mass is 16.6. The summed E-state index contributed by atoms with van der Waals surface area (Å²) in [7, 11) is 0. The van der Waals surface area contributed by atoms with Crippen LogP contribution in [0.25, 0.3) is 0 Å². The SMILES string of the molecule is CC(C)CCCCCCc1ccccc1OCCOCCOCCOCCOCCOCCOCCO. The molecule has 0 saturated heterocycles. The van der Waals surface area contributed by atoms with Gasteiger partial charge in [0.05, 0.1) is 85.9 Å². The summed E-state index contributed by atoms with van der Waals surface area (Å²) in [5.41, 5.74) is 1.29. The Hall–Kier alpha value is -1.26. The molecule has 1 aromatic rings. The molecule has 0 spiro atoms. The Kier molecular flexibility index (Phi) is 24.0. The summed E-state index contributed by atoms with van der Waals surface area (Å²) in [6.45, 7) is 11.2. The minimum absolute atomic E-state index is 0.0340. The van der Waals surface area contributed by atoms with Crippen molar-refractivity contribution in [3.05, 3.63) is 29.8 Å². The van der Waals surface area contributed by atoms with Crippen molar-refractivity contribution in [1.29, 1.82) is 0 Å². The molecule has 216 valence electrons. The summed E-state index contributed by atoms with van der Waals surface area (Å²) < 4.78 is 38.4. The first-order valence-corrected chi connectivity index (χ1v) is 14.0. The maximum Gasteiger partial charge on any atom is 0.122 e. The standard InChI is InChI=1S/C29H52O8/c1-27(2)9-5-3-4-6-10-28-11-7-8-12-29(28)37-26-25-36-24-23-35-22-21-34-20-19-33-18-17-32-16-15-31-14-13-30/h7-8,11-12,27,30H,3-6,9-10,13-26H2,1-2H3. The monoisotopic (exact) mass is 528 g/mol. The van der Waals surface area contributed by atoms with Crippen molar-refractivity contribution in [2.24, 2.45) is 5.92 Å². The number of aliphatic hydroxyl groups excluding tert-OH is 1. The molecular weight excluding hydrogens is 476 g/mol. The molecule has 0 bridgehead atoms. The number of unbranched alkanes of at least 4 members (excludes halogenated alkanes) is 3. The Morgan fingerprint density at radius 3 is 1.54 bits per heavy atom. The number of para-hydroxylation sites is 1. The van der Waals surface area contributed by atoms with Crippen LogP contribution in [0, 0.1) is 5.92 Å². The van der Waals surface area contributed by atoms with Gasteiger partial charge in [0, 0.05) is 0 Å². The zero-order chi connectivity index (χ0) is 26.7. The first-order chi connectivity index (χ1) is 18.2. The van der Waals surface area contributed by atoms with E-state index in [-0.39, 0.29) is 6.61 Å². The average molecular weight is 529 g/mol. The smallest absolute Gasteiger partial charge is 0.122 e. The third-order valence-electron chi connectivity index (χ3n) is 5.53. The lowest BCUT2D eigenvalue weighted by Crippen LogP contribution is -2.15. The molecule has 0 unspecified atom stereocenters. The number of aliphatic hydroxyl groups is 1. The Balaban J connectivity index is 1.86. The van der Waals surface area contributed by atoms with E-state index in [9.17, 15) is 0 Å². The maximum atomic E-state index is 8.58. The van der Waals surface area contributed by atoms with E-state index < -0.39 is 0 Å². The third kappa shape index (κ3) is 22.4. The van der Waals surface area contributed by atoms with Gasteiger partial charge in [0.25, 0.3) is 0 Å². The van der Waals surface area contributed by atoms with Crippen LogP contribution in [0.4, 0.5) is 0 Å². The van der Waals surface area contributed by atoms with E-state index in [0.717, 1.165) is 18.1 Å². The lowest BCUT2D eigenvalue weighted by atomic mass is 10.0. The highest BCUT2D eigenvalue weighted by molar-refractivity contribution is 5.33. The zero-order valence-electron chi connectivity index (χ0n) is 23.3. The summed E-state index contributed by atoms with van der Waals surface area (Å²) in [5.74, 6) is 1.78. The van der Waals surface area contributed by atoms with Gasteiger partial charge in [0.15, 0.2) is 0 Å². The van der Waals surface area contributed by atoms with Crippen LogP contribution in [0.2, 0.25) is 0 Å². The van der Waals surface area contributed by atoms with Gasteiger partial charge in [-0.1, -0.05) is 57.7 Å². The molecule has 0 amide bonds. The fraction of sp³-hybridized carbons (Fsp3) is 0.793. The quantitative estimate of drug-likeness (QED) is 0.161. The van der Waals surface area contributed by atoms with Crippen LogP contribution in [0.1, 0.15) is 51.5 Å². The van der Waals surface area contributed by atoms with Crippen molar-refractivity contribution in [2.75, 3.05) is 92.5 Å². The first kappa shape index (κ1) is 33.8. The number of hydrogen-bond donors (Lipinski definition) is 1. The molecule has 37 heavy (non-hydrogen) atoms. The second-order valence-electron chi connectivity index (χ2n) is 9.20. The van der Waals surface area contributed by atoms with Crippen LogP contribution in [-0.4, -0.2) is 97.6 Å². The van der Waals surface area contributed by atoms with Crippen LogP contribution in [0.15, 0.2) is 24.3 Å². The van der Waals surface area contributed by atoms with Crippen LogP contribution >= 0.6 is 0 Å². The van der Waals surface area contributed by atoms with Crippen LogP contribution in [-0.2, 0) is 34.8 Å². The Labute approximate surface area is 224 Å². The average Bonchev–Trinajstić information content (AvgIpc) is 2.90. The maximum absolute atomic E-state index is 8.58. The molecule has 0 aliphatic rings. The van der Waals surface area contributed by atoms with E-state index in [0.29, 0.717) is 85.9 Å². The van der Waals surface area contributed by atoms with Gasteiger partial charge in [-0.25, -0.2) is 0 Å². The van der Waals surface area contributed by atoms with E-state index in [1.54, 1.807) is 0 Å². The molecule has 8 heteroatoms. The van der Waals surface area contributed by atoms with Gasteiger partial charge in [0.1, 0.15) is 12.4 Å². The Bertz CT molecular complexity index is 599. The van der Waals surface area contributed by atoms with Gasteiger partial charge in [-0.2, -0.15) is 0 Å². The van der Waals surface area contributed by atoms with Gasteiger partial charge in [-0.3, -0.25) is 0 Å². The second kappa shape index (κ2) is 26.4. The summed E-state index contributed by atoms with van der Waals surface area (Å²) in [6.07, 6.45) is 7.54. The minimum atomic E-state index is 0.0340. The Morgan fingerprint density at radius 1 is 0.568 bits per heavy atom. The molecule has 0 aromatic heterocycles. The van der Waals surface area contributed by atoms with Gasteiger partial charge in [-0.15, -0.1) is 0 Å². The number of ether oxygens (including phenoxy) is 7. The van der Waals surface area contributed by atoms with E-state index in [2.05, 4.69) is 26.0 Å². The van der Waals surface area contributed by atoms with Gasteiger partial charge in [-0.05, 0) is 30.4 Å². The molecule has 1 aromatic carbocycles. The molecule has 0 radical (unpaired) electrons. The normalized spacial score (nSPS) is 11.5.